The summed E-state index contributed by atoms with van der Waals surface area (Å²) in [5, 5.41) is 5.04. The highest BCUT2D eigenvalue weighted by Gasteiger charge is 2.21. The second-order valence-electron chi connectivity index (χ2n) is 4.09. The molecule has 108 valence electrons. The van der Waals surface area contributed by atoms with Gasteiger partial charge < -0.3 is 14.2 Å². The number of nitrogens with two attached hydrogens (primary N) is 1. The van der Waals surface area contributed by atoms with Crippen LogP contribution in [0.25, 0.3) is 0 Å². The molecule has 7 nitrogen and oxygen atoms in total. The summed E-state index contributed by atoms with van der Waals surface area (Å²) in [5.74, 6) is -0.253. The number of hydrogen-bond donors (Lipinski definition) is 1. The van der Waals surface area contributed by atoms with Gasteiger partial charge in [-0.3, -0.25) is 4.79 Å². The van der Waals surface area contributed by atoms with Crippen LogP contribution in [0.4, 0.5) is 0 Å². The Bertz CT molecular complexity index is 550. The van der Waals surface area contributed by atoms with Crippen LogP contribution in [0.3, 0.4) is 0 Å². The lowest BCUT2D eigenvalue weighted by Crippen LogP contribution is -2.34. The van der Waals surface area contributed by atoms with E-state index in [2.05, 4.69) is 0 Å². The molecule has 0 saturated carbocycles. The van der Waals surface area contributed by atoms with E-state index in [0.717, 1.165) is 0 Å². The molecule has 19 heavy (non-hydrogen) atoms. The third kappa shape index (κ3) is 3.79. The van der Waals surface area contributed by atoms with E-state index in [1.807, 2.05) is 6.92 Å². The van der Waals surface area contributed by atoms with Crippen molar-refractivity contribution in [1.82, 2.24) is 9.47 Å². The van der Waals surface area contributed by atoms with E-state index in [-0.39, 0.29) is 16.5 Å². The second-order valence-corrected chi connectivity index (χ2v) is 5.66. The maximum absolute atomic E-state index is 12.3. The van der Waals surface area contributed by atoms with Crippen molar-refractivity contribution in [2.45, 2.75) is 11.8 Å². The van der Waals surface area contributed by atoms with Gasteiger partial charge in [0, 0.05) is 33.4 Å². The number of aromatic nitrogens is 1. The van der Waals surface area contributed by atoms with Gasteiger partial charge in [-0.2, -0.15) is 0 Å². The van der Waals surface area contributed by atoms with Crippen molar-refractivity contribution < 1.29 is 17.9 Å². The largest absolute Gasteiger partial charge is 0.383 e. The van der Waals surface area contributed by atoms with Crippen LogP contribution < -0.4 is 5.14 Å². The van der Waals surface area contributed by atoms with E-state index in [0.29, 0.717) is 19.7 Å². The van der Waals surface area contributed by atoms with Crippen molar-refractivity contribution in [2.75, 3.05) is 26.8 Å². The number of likely N-dealkylation sites (N-methyl/N-ethyl adjacent to an activating group) is 1. The molecule has 0 radical (unpaired) electrons. The summed E-state index contributed by atoms with van der Waals surface area (Å²) in [4.78, 5) is 13.8. The predicted molar refractivity (Wildman–Crippen MR) is 70.2 cm³/mol. The normalized spacial score (nSPS) is 11.6. The lowest BCUT2D eigenvalue weighted by Gasteiger charge is -2.20. The summed E-state index contributed by atoms with van der Waals surface area (Å²) in [6.45, 7) is 3.23. The Kier molecular flexibility index (Phi) is 5.10. The monoisotopic (exact) mass is 289 g/mol. The number of sulfonamides is 1. The smallest absolute Gasteiger partial charge is 0.270 e. The first kappa shape index (κ1) is 15.7. The minimum absolute atomic E-state index is 0.0684. The minimum Gasteiger partial charge on any atom is -0.383 e. The van der Waals surface area contributed by atoms with Crippen LogP contribution in [0.2, 0.25) is 0 Å². The Balaban J connectivity index is 3.02. The maximum Gasteiger partial charge on any atom is 0.270 e. The molecule has 1 aromatic heterocycles. The Morgan fingerprint density at radius 1 is 1.53 bits per heavy atom. The number of nitrogens with zero attached hydrogens (tertiary/aromatic N) is 2. The Labute approximate surface area is 113 Å². The molecule has 0 saturated heterocycles. The molecule has 0 aromatic carbocycles. The molecule has 0 aliphatic carbocycles. The molecule has 0 atom stereocenters. The van der Waals surface area contributed by atoms with Crippen molar-refractivity contribution in [1.29, 1.82) is 0 Å². The Hall–Kier alpha value is -1.38. The molecular formula is C11H19N3O4S. The van der Waals surface area contributed by atoms with Gasteiger partial charge >= 0.3 is 0 Å². The SMILES string of the molecule is CCN(CCOC)C(=O)c1cc(S(N)(=O)=O)cn1C. The van der Waals surface area contributed by atoms with Gasteiger partial charge in [0.1, 0.15) is 10.6 Å². The van der Waals surface area contributed by atoms with Crippen LogP contribution in [-0.4, -0.2) is 50.6 Å². The summed E-state index contributed by atoms with van der Waals surface area (Å²) >= 11 is 0. The zero-order valence-corrected chi connectivity index (χ0v) is 12.1. The number of aryl methyl sites for hydroxylation is 1. The molecule has 0 spiro atoms. The fraction of sp³-hybridized carbons (Fsp3) is 0.545. The van der Waals surface area contributed by atoms with Gasteiger partial charge in [-0.05, 0) is 13.0 Å². The molecule has 0 unspecified atom stereocenters. The fourth-order valence-electron chi connectivity index (χ4n) is 1.67. The van der Waals surface area contributed by atoms with Crippen LogP contribution in [0.1, 0.15) is 17.4 Å². The van der Waals surface area contributed by atoms with E-state index in [4.69, 9.17) is 9.88 Å². The van der Waals surface area contributed by atoms with Gasteiger partial charge in [-0.25, -0.2) is 13.6 Å². The molecule has 0 bridgehead atoms. The third-order valence-corrected chi connectivity index (χ3v) is 3.64. The molecule has 0 aliphatic rings. The summed E-state index contributed by atoms with van der Waals surface area (Å²) in [5.41, 5.74) is 0.280. The quantitative estimate of drug-likeness (QED) is 0.783. The fourth-order valence-corrected chi connectivity index (χ4v) is 2.25. The molecule has 1 rings (SSSR count). The van der Waals surface area contributed by atoms with E-state index in [1.54, 1.807) is 19.1 Å². The van der Waals surface area contributed by atoms with E-state index < -0.39 is 10.0 Å². The average Bonchev–Trinajstić information content (AvgIpc) is 2.72. The van der Waals surface area contributed by atoms with E-state index in [9.17, 15) is 13.2 Å². The lowest BCUT2D eigenvalue weighted by atomic mass is 10.3. The lowest BCUT2D eigenvalue weighted by molar-refractivity contribution is 0.0697. The van der Waals surface area contributed by atoms with Gasteiger partial charge in [-0.15, -0.1) is 0 Å². The highest BCUT2D eigenvalue weighted by Crippen LogP contribution is 2.13. The van der Waals surface area contributed by atoms with Crippen LogP contribution in [0.5, 0.6) is 0 Å². The Morgan fingerprint density at radius 3 is 2.58 bits per heavy atom. The second kappa shape index (κ2) is 6.18. The number of hydrogen-bond acceptors (Lipinski definition) is 4. The molecule has 1 heterocycles. The highest BCUT2D eigenvalue weighted by molar-refractivity contribution is 7.89. The summed E-state index contributed by atoms with van der Waals surface area (Å²) < 4.78 is 28.9. The van der Waals surface area contributed by atoms with E-state index >= 15 is 0 Å². The summed E-state index contributed by atoms with van der Waals surface area (Å²) in [6, 6.07) is 1.28. The molecule has 8 heteroatoms. The predicted octanol–water partition coefficient (Wildman–Crippen LogP) is -0.219. The van der Waals surface area contributed by atoms with E-state index in [1.165, 1.54) is 16.8 Å². The molecule has 1 amide bonds. The average molecular weight is 289 g/mol. The maximum atomic E-state index is 12.3. The number of carbonyl (C=O) groups is 1. The minimum atomic E-state index is -3.80. The standard InChI is InChI=1S/C11H19N3O4S/c1-4-14(5-6-18-3)11(15)10-7-9(8-13(10)2)19(12,16)17/h7-8H,4-6H2,1-3H3,(H2,12,16,17). The summed E-state index contributed by atoms with van der Waals surface area (Å²) in [6.07, 6.45) is 1.33. The molecular weight excluding hydrogens is 270 g/mol. The van der Waals surface area contributed by atoms with Crippen molar-refractivity contribution in [2.24, 2.45) is 12.2 Å². The zero-order chi connectivity index (χ0) is 14.6. The van der Waals surface area contributed by atoms with Gasteiger partial charge in [0.2, 0.25) is 10.0 Å². The van der Waals surface area contributed by atoms with Crippen molar-refractivity contribution >= 4 is 15.9 Å². The molecule has 2 N–H and O–H groups in total. The van der Waals surface area contributed by atoms with Crippen LogP contribution in [0.15, 0.2) is 17.2 Å². The van der Waals surface area contributed by atoms with Gasteiger partial charge in [0.05, 0.1) is 6.61 Å². The number of rotatable bonds is 6. The van der Waals surface area contributed by atoms with Crippen molar-refractivity contribution in [3.8, 4) is 0 Å². The first-order valence-electron chi connectivity index (χ1n) is 5.78. The number of primary sulfonamides is 1. The third-order valence-electron chi connectivity index (χ3n) is 2.76. The highest BCUT2D eigenvalue weighted by atomic mass is 32.2. The van der Waals surface area contributed by atoms with Gasteiger partial charge in [0.25, 0.3) is 5.91 Å². The molecule has 0 fully saturated rings. The van der Waals surface area contributed by atoms with Crippen LogP contribution in [0, 0.1) is 0 Å². The van der Waals surface area contributed by atoms with Crippen molar-refractivity contribution in [3.05, 3.63) is 18.0 Å². The Morgan fingerprint density at radius 2 is 2.16 bits per heavy atom. The molecule has 1 aromatic rings. The summed E-state index contributed by atoms with van der Waals surface area (Å²) in [7, 11) is -0.645. The van der Waals surface area contributed by atoms with Gasteiger partial charge in [0.15, 0.2) is 0 Å². The number of methoxy groups -OCH3 is 1. The van der Waals surface area contributed by atoms with Gasteiger partial charge in [-0.1, -0.05) is 0 Å². The number of ether oxygens (including phenoxy) is 1. The number of amides is 1. The van der Waals surface area contributed by atoms with Crippen LogP contribution in [-0.2, 0) is 21.8 Å². The van der Waals surface area contributed by atoms with Crippen molar-refractivity contribution in [3.63, 3.8) is 0 Å². The first-order valence-corrected chi connectivity index (χ1v) is 7.33. The topological polar surface area (TPSA) is 94.6 Å². The zero-order valence-electron chi connectivity index (χ0n) is 11.3. The first-order chi connectivity index (χ1) is 8.81. The number of carbonyl (C=O) groups excluding carboxylic acids is 1. The molecule has 0 aliphatic heterocycles. The van der Waals surface area contributed by atoms with Crippen LogP contribution >= 0.6 is 0 Å².